The number of nitrogens with zero attached hydrogens (tertiary/aromatic N) is 3. The molecule has 3 aromatic rings. The molecule has 0 saturated carbocycles. The van der Waals surface area contributed by atoms with Crippen LogP contribution in [0.4, 0.5) is 0 Å². The minimum absolute atomic E-state index is 0.146. The molecule has 1 aliphatic heterocycles. The third-order valence-electron chi connectivity index (χ3n) is 5.94. The smallest absolute Gasteiger partial charge is 0.227 e. The van der Waals surface area contributed by atoms with E-state index in [4.69, 9.17) is 0 Å². The number of carbonyl (C=O) groups is 1. The fraction of sp³-hybridized carbons (Fsp3) is 0.391. The summed E-state index contributed by atoms with van der Waals surface area (Å²) in [5.74, 6) is 0.370. The first-order valence-electron chi connectivity index (χ1n) is 10.1. The minimum atomic E-state index is -0.416. The summed E-state index contributed by atoms with van der Waals surface area (Å²) in [4.78, 5) is 15.9. The maximum Gasteiger partial charge on any atom is 0.227 e. The Labute approximate surface area is 175 Å². The summed E-state index contributed by atoms with van der Waals surface area (Å²) >= 11 is 1.60. The first kappa shape index (κ1) is 19.9. The van der Waals surface area contributed by atoms with Crippen LogP contribution in [-0.4, -0.2) is 38.8 Å². The Morgan fingerprint density at radius 1 is 1.17 bits per heavy atom. The molecule has 1 unspecified atom stereocenters. The number of aliphatic hydroxyl groups is 1. The molecule has 3 heterocycles. The van der Waals surface area contributed by atoms with Crippen LogP contribution in [0.3, 0.4) is 0 Å². The summed E-state index contributed by atoms with van der Waals surface area (Å²) < 4.78 is 1.92. The Balaban J connectivity index is 1.40. The number of aryl methyl sites for hydroxylation is 1. The van der Waals surface area contributed by atoms with Gasteiger partial charge >= 0.3 is 0 Å². The van der Waals surface area contributed by atoms with E-state index in [1.807, 2.05) is 71.3 Å². The van der Waals surface area contributed by atoms with E-state index in [1.165, 1.54) is 0 Å². The predicted octanol–water partition coefficient (Wildman–Crippen LogP) is 4.07. The van der Waals surface area contributed by atoms with Crippen LogP contribution in [0.1, 0.15) is 40.8 Å². The molecule has 1 atom stereocenters. The Morgan fingerprint density at radius 3 is 2.55 bits per heavy atom. The van der Waals surface area contributed by atoms with Crippen molar-refractivity contribution in [3.63, 3.8) is 0 Å². The van der Waals surface area contributed by atoms with E-state index in [2.05, 4.69) is 5.10 Å². The van der Waals surface area contributed by atoms with E-state index in [-0.39, 0.29) is 11.8 Å². The summed E-state index contributed by atoms with van der Waals surface area (Å²) in [6, 6.07) is 14.0. The SMILES string of the molecule is Cc1nn(-c2ccccc2)c(C)c1CC(=O)N1CCC(C(O)c2cccs2)CC1. The molecule has 1 aliphatic rings. The fourth-order valence-electron chi connectivity index (χ4n) is 4.17. The monoisotopic (exact) mass is 409 g/mol. The Hall–Kier alpha value is -2.44. The molecule has 0 spiro atoms. The van der Waals surface area contributed by atoms with Crippen molar-refractivity contribution < 1.29 is 9.90 Å². The highest BCUT2D eigenvalue weighted by atomic mass is 32.1. The number of hydrogen-bond acceptors (Lipinski definition) is 4. The lowest BCUT2D eigenvalue weighted by Crippen LogP contribution is -2.40. The second-order valence-corrected chi connectivity index (χ2v) is 8.73. The van der Waals surface area contributed by atoms with Crippen LogP contribution < -0.4 is 0 Å². The molecule has 0 bridgehead atoms. The number of hydrogen-bond donors (Lipinski definition) is 1. The number of aliphatic hydroxyl groups excluding tert-OH is 1. The first-order chi connectivity index (χ1) is 14.0. The number of para-hydroxylation sites is 1. The molecule has 0 aliphatic carbocycles. The van der Waals surface area contributed by atoms with Crippen LogP contribution in [0.2, 0.25) is 0 Å². The molecule has 29 heavy (non-hydrogen) atoms. The maximum atomic E-state index is 13.0. The molecule has 1 amide bonds. The van der Waals surface area contributed by atoms with Crippen molar-refractivity contribution in [3.05, 3.63) is 69.7 Å². The predicted molar refractivity (Wildman–Crippen MR) is 115 cm³/mol. The van der Waals surface area contributed by atoms with Gasteiger partial charge in [-0.25, -0.2) is 4.68 Å². The molecule has 6 heteroatoms. The summed E-state index contributed by atoms with van der Waals surface area (Å²) in [5, 5.41) is 17.2. The van der Waals surface area contributed by atoms with Crippen molar-refractivity contribution in [2.24, 2.45) is 5.92 Å². The molecule has 5 nitrogen and oxygen atoms in total. The van der Waals surface area contributed by atoms with Crippen LogP contribution in [0, 0.1) is 19.8 Å². The standard InChI is InChI=1S/C23H27N3O2S/c1-16-20(17(2)26(24-16)19-7-4-3-5-8-19)15-22(27)25-12-10-18(11-13-25)23(28)21-9-6-14-29-21/h3-9,14,18,23,28H,10-13,15H2,1-2H3. The second-order valence-electron chi connectivity index (χ2n) is 7.75. The Kier molecular flexibility index (Phi) is 5.83. The number of aromatic nitrogens is 2. The van der Waals surface area contributed by atoms with Gasteiger partial charge in [0, 0.05) is 29.2 Å². The van der Waals surface area contributed by atoms with Crippen LogP contribution in [0.25, 0.3) is 5.69 Å². The van der Waals surface area contributed by atoms with Crippen LogP contribution >= 0.6 is 11.3 Å². The van der Waals surface area contributed by atoms with Crippen molar-refractivity contribution in [3.8, 4) is 5.69 Å². The van der Waals surface area contributed by atoms with Gasteiger partial charge in [0.1, 0.15) is 0 Å². The third-order valence-corrected chi connectivity index (χ3v) is 6.89. The number of likely N-dealkylation sites (tertiary alicyclic amines) is 1. The van der Waals surface area contributed by atoms with Gasteiger partial charge in [-0.1, -0.05) is 24.3 Å². The zero-order valence-electron chi connectivity index (χ0n) is 16.9. The van der Waals surface area contributed by atoms with Gasteiger partial charge in [0.05, 0.1) is 23.9 Å². The number of amides is 1. The Morgan fingerprint density at radius 2 is 1.90 bits per heavy atom. The minimum Gasteiger partial charge on any atom is -0.387 e. The maximum absolute atomic E-state index is 13.0. The highest BCUT2D eigenvalue weighted by Crippen LogP contribution is 2.33. The number of piperidine rings is 1. The van der Waals surface area contributed by atoms with E-state index in [9.17, 15) is 9.90 Å². The van der Waals surface area contributed by atoms with Gasteiger partial charge in [-0.15, -0.1) is 11.3 Å². The fourth-order valence-corrected chi connectivity index (χ4v) is 4.97. The number of rotatable bonds is 5. The van der Waals surface area contributed by atoms with Crippen LogP contribution in [0.5, 0.6) is 0 Å². The molecule has 152 valence electrons. The van der Waals surface area contributed by atoms with E-state index in [0.29, 0.717) is 19.5 Å². The van der Waals surface area contributed by atoms with Crippen LogP contribution in [-0.2, 0) is 11.2 Å². The Bertz CT molecular complexity index is 958. The average Bonchev–Trinajstić information content (AvgIpc) is 3.38. The number of thiophene rings is 1. The van der Waals surface area contributed by atoms with Crippen molar-refractivity contribution in [2.75, 3.05) is 13.1 Å². The average molecular weight is 410 g/mol. The van der Waals surface area contributed by atoms with Gasteiger partial charge in [0.2, 0.25) is 5.91 Å². The molecular formula is C23H27N3O2S. The number of carbonyl (C=O) groups excluding carboxylic acids is 1. The van der Waals surface area contributed by atoms with E-state index >= 15 is 0 Å². The second kappa shape index (κ2) is 8.51. The molecule has 2 aromatic heterocycles. The molecular weight excluding hydrogens is 382 g/mol. The molecule has 4 rings (SSSR count). The number of benzene rings is 1. The van der Waals surface area contributed by atoms with Gasteiger partial charge in [0.25, 0.3) is 0 Å². The van der Waals surface area contributed by atoms with Gasteiger partial charge in [-0.2, -0.15) is 5.10 Å². The van der Waals surface area contributed by atoms with E-state index < -0.39 is 6.10 Å². The molecule has 1 saturated heterocycles. The van der Waals surface area contributed by atoms with E-state index in [0.717, 1.165) is 40.4 Å². The van der Waals surface area contributed by atoms with Crippen molar-refractivity contribution >= 4 is 17.2 Å². The van der Waals surface area contributed by atoms with Crippen LogP contribution in [0.15, 0.2) is 47.8 Å². The summed E-state index contributed by atoms with van der Waals surface area (Å²) in [5.41, 5.74) is 3.95. The zero-order valence-corrected chi connectivity index (χ0v) is 17.7. The highest BCUT2D eigenvalue weighted by molar-refractivity contribution is 7.10. The van der Waals surface area contributed by atoms with Gasteiger partial charge in [-0.05, 0) is 56.2 Å². The first-order valence-corrected chi connectivity index (χ1v) is 11.0. The zero-order chi connectivity index (χ0) is 20.4. The third kappa shape index (κ3) is 4.14. The largest absolute Gasteiger partial charge is 0.387 e. The molecule has 0 radical (unpaired) electrons. The summed E-state index contributed by atoms with van der Waals surface area (Å²) in [7, 11) is 0. The molecule has 1 fully saturated rings. The lowest BCUT2D eigenvalue weighted by atomic mass is 9.90. The highest BCUT2D eigenvalue weighted by Gasteiger charge is 2.29. The van der Waals surface area contributed by atoms with Crippen molar-refractivity contribution in [1.82, 2.24) is 14.7 Å². The van der Waals surface area contributed by atoms with Gasteiger partial charge in [0.15, 0.2) is 0 Å². The lowest BCUT2D eigenvalue weighted by Gasteiger charge is -2.34. The topological polar surface area (TPSA) is 58.4 Å². The van der Waals surface area contributed by atoms with Crippen molar-refractivity contribution in [1.29, 1.82) is 0 Å². The summed E-state index contributed by atoms with van der Waals surface area (Å²) in [6.07, 6.45) is 1.64. The van der Waals surface area contributed by atoms with Crippen molar-refractivity contribution in [2.45, 2.75) is 39.2 Å². The summed E-state index contributed by atoms with van der Waals surface area (Å²) in [6.45, 7) is 5.41. The lowest BCUT2D eigenvalue weighted by molar-refractivity contribution is -0.132. The van der Waals surface area contributed by atoms with Gasteiger partial charge in [-0.3, -0.25) is 4.79 Å². The quantitative estimate of drug-likeness (QED) is 0.691. The van der Waals surface area contributed by atoms with E-state index in [1.54, 1.807) is 11.3 Å². The molecule has 1 N–H and O–H groups in total. The normalized spacial score (nSPS) is 16.2. The molecule has 1 aromatic carbocycles. The van der Waals surface area contributed by atoms with Gasteiger partial charge < -0.3 is 10.0 Å².